The van der Waals surface area contributed by atoms with Gasteiger partial charge < -0.3 is 5.32 Å². The predicted octanol–water partition coefficient (Wildman–Crippen LogP) is 4.36. The number of piperidine rings is 1. The topological polar surface area (TPSA) is 15.3 Å². The summed E-state index contributed by atoms with van der Waals surface area (Å²) in [6.07, 6.45) is 4.01. The summed E-state index contributed by atoms with van der Waals surface area (Å²) in [6, 6.07) is 8.68. The van der Waals surface area contributed by atoms with E-state index >= 15 is 0 Å². The van der Waals surface area contributed by atoms with Gasteiger partial charge in [0.05, 0.1) is 0 Å². The molecule has 1 saturated heterocycles. The van der Waals surface area contributed by atoms with E-state index in [1.165, 1.54) is 37.9 Å². The quantitative estimate of drug-likeness (QED) is 0.840. The molecule has 1 fully saturated rings. The second kappa shape index (κ2) is 8.17. The summed E-state index contributed by atoms with van der Waals surface area (Å²) in [6.45, 7) is 8.25. The van der Waals surface area contributed by atoms with Gasteiger partial charge in [-0.15, -0.1) is 0 Å². The molecule has 1 aliphatic rings. The maximum atomic E-state index is 5.97. The number of rotatable bonds is 6. The fourth-order valence-corrected chi connectivity index (χ4v) is 3.32. The molecule has 1 N–H and O–H groups in total. The van der Waals surface area contributed by atoms with Crippen LogP contribution in [0.2, 0.25) is 5.02 Å². The van der Waals surface area contributed by atoms with Crippen molar-refractivity contribution in [2.24, 2.45) is 11.8 Å². The molecular formula is C18H29ClN2. The largest absolute Gasteiger partial charge is 0.316 e. The highest BCUT2D eigenvalue weighted by Gasteiger charge is 2.20. The van der Waals surface area contributed by atoms with Gasteiger partial charge in [-0.3, -0.25) is 4.90 Å². The summed E-state index contributed by atoms with van der Waals surface area (Å²) in [5.74, 6) is 1.66. The van der Waals surface area contributed by atoms with Gasteiger partial charge in [-0.1, -0.05) is 30.7 Å². The molecule has 0 aromatic heterocycles. The van der Waals surface area contributed by atoms with Crippen LogP contribution in [0.3, 0.4) is 0 Å². The molecule has 1 aliphatic heterocycles. The zero-order valence-electron chi connectivity index (χ0n) is 13.6. The molecule has 1 aromatic rings. The van der Waals surface area contributed by atoms with Gasteiger partial charge in [0.25, 0.3) is 0 Å². The van der Waals surface area contributed by atoms with Gasteiger partial charge in [-0.05, 0) is 82.4 Å². The average Bonchev–Trinajstić information content (AvgIpc) is 2.53. The van der Waals surface area contributed by atoms with Gasteiger partial charge in [0, 0.05) is 11.1 Å². The molecule has 3 atom stereocenters. The third-order valence-corrected chi connectivity index (χ3v) is 5.34. The van der Waals surface area contributed by atoms with Crippen LogP contribution < -0.4 is 5.32 Å². The van der Waals surface area contributed by atoms with E-state index in [1.54, 1.807) is 0 Å². The predicted molar refractivity (Wildman–Crippen MR) is 91.9 cm³/mol. The first-order valence-corrected chi connectivity index (χ1v) is 8.62. The third kappa shape index (κ3) is 4.98. The fraction of sp³-hybridized carbons (Fsp3) is 0.667. The van der Waals surface area contributed by atoms with Gasteiger partial charge in [-0.25, -0.2) is 0 Å². The van der Waals surface area contributed by atoms with Crippen LogP contribution in [0, 0.1) is 11.8 Å². The summed E-state index contributed by atoms with van der Waals surface area (Å²) in [5.41, 5.74) is 1.34. The lowest BCUT2D eigenvalue weighted by atomic mass is 9.85. The first-order chi connectivity index (χ1) is 10.1. The first kappa shape index (κ1) is 16.8. The molecule has 21 heavy (non-hydrogen) atoms. The minimum atomic E-state index is 0.443. The van der Waals surface area contributed by atoms with Crippen molar-refractivity contribution in [2.75, 3.05) is 26.7 Å². The summed E-state index contributed by atoms with van der Waals surface area (Å²) in [4.78, 5) is 2.45. The molecule has 2 nitrogen and oxygen atoms in total. The number of halogens is 1. The van der Waals surface area contributed by atoms with Gasteiger partial charge in [0.15, 0.2) is 0 Å². The highest BCUT2D eigenvalue weighted by molar-refractivity contribution is 6.30. The Labute approximate surface area is 134 Å². The van der Waals surface area contributed by atoms with E-state index < -0.39 is 0 Å². The lowest BCUT2D eigenvalue weighted by molar-refractivity contribution is 0.206. The molecule has 2 rings (SSSR count). The Hall–Kier alpha value is -0.570. The molecule has 0 saturated carbocycles. The molecule has 1 aromatic carbocycles. The van der Waals surface area contributed by atoms with Crippen LogP contribution in [0.1, 0.15) is 44.7 Å². The van der Waals surface area contributed by atoms with E-state index in [2.05, 4.69) is 43.2 Å². The molecule has 0 amide bonds. The molecule has 0 aliphatic carbocycles. The van der Waals surface area contributed by atoms with Crippen LogP contribution >= 0.6 is 11.6 Å². The van der Waals surface area contributed by atoms with E-state index in [0.717, 1.165) is 23.4 Å². The molecule has 3 unspecified atom stereocenters. The number of nitrogens with zero attached hydrogens (tertiary/aromatic N) is 1. The Balaban J connectivity index is 1.80. The van der Waals surface area contributed by atoms with E-state index in [1.807, 2.05) is 12.1 Å². The van der Waals surface area contributed by atoms with Crippen LogP contribution in [0.25, 0.3) is 0 Å². The molecule has 118 valence electrons. The number of hydrogen-bond acceptors (Lipinski definition) is 2. The normalized spacial score (nSPS) is 22.2. The van der Waals surface area contributed by atoms with E-state index in [4.69, 9.17) is 11.6 Å². The number of nitrogens with one attached hydrogen (secondary N) is 1. The Kier molecular flexibility index (Phi) is 6.53. The standard InChI is InChI=1S/C18H29ClN2/c1-14(17-5-4-11-20-13-17)10-12-21(3)15(2)16-6-8-18(19)9-7-16/h6-9,14-15,17,20H,4-5,10-13H2,1-3H3. The van der Waals surface area contributed by atoms with Crippen LogP contribution in [0.15, 0.2) is 24.3 Å². The van der Waals surface area contributed by atoms with Gasteiger partial charge in [0.1, 0.15) is 0 Å². The smallest absolute Gasteiger partial charge is 0.0406 e. The molecule has 0 spiro atoms. The van der Waals surface area contributed by atoms with Crippen LogP contribution in [0.5, 0.6) is 0 Å². The highest BCUT2D eigenvalue weighted by Crippen LogP contribution is 2.25. The van der Waals surface area contributed by atoms with Gasteiger partial charge in [-0.2, -0.15) is 0 Å². The Morgan fingerprint density at radius 3 is 2.62 bits per heavy atom. The number of benzene rings is 1. The molecule has 0 bridgehead atoms. The van der Waals surface area contributed by atoms with Crippen molar-refractivity contribution in [3.63, 3.8) is 0 Å². The average molecular weight is 309 g/mol. The third-order valence-electron chi connectivity index (χ3n) is 5.09. The minimum Gasteiger partial charge on any atom is -0.316 e. The lowest BCUT2D eigenvalue weighted by Crippen LogP contribution is -2.34. The Bertz CT molecular complexity index is 412. The molecular weight excluding hydrogens is 280 g/mol. The summed E-state index contributed by atoms with van der Waals surface area (Å²) in [5, 5.41) is 4.34. The zero-order chi connectivity index (χ0) is 15.2. The molecule has 1 heterocycles. The minimum absolute atomic E-state index is 0.443. The SMILES string of the molecule is CC(CCN(C)C(C)c1ccc(Cl)cc1)C1CCCNC1. The van der Waals surface area contributed by atoms with Crippen molar-refractivity contribution in [2.45, 2.75) is 39.2 Å². The Morgan fingerprint density at radius 2 is 2.00 bits per heavy atom. The highest BCUT2D eigenvalue weighted by atomic mass is 35.5. The summed E-state index contributed by atoms with van der Waals surface area (Å²) < 4.78 is 0. The maximum Gasteiger partial charge on any atom is 0.0406 e. The fourth-order valence-electron chi connectivity index (χ4n) is 3.20. The maximum absolute atomic E-state index is 5.97. The molecule has 3 heteroatoms. The lowest BCUT2D eigenvalue weighted by Gasteiger charge is -2.31. The van der Waals surface area contributed by atoms with Crippen molar-refractivity contribution in [3.05, 3.63) is 34.9 Å². The van der Waals surface area contributed by atoms with Crippen LogP contribution in [-0.2, 0) is 0 Å². The summed E-state index contributed by atoms with van der Waals surface area (Å²) in [7, 11) is 2.23. The van der Waals surface area contributed by atoms with Crippen molar-refractivity contribution in [3.8, 4) is 0 Å². The van der Waals surface area contributed by atoms with Crippen molar-refractivity contribution in [1.29, 1.82) is 0 Å². The van der Waals surface area contributed by atoms with Crippen LogP contribution in [-0.4, -0.2) is 31.6 Å². The Morgan fingerprint density at radius 1 is 1.29 bits per heavy atom. The summed E-state index contributed by atoms with van der Waals surface area (Å²) >= 11 is 5.97. The van der Waals surface area contributed by atoms with Crippen LogP contribution in [0.4, 0.5) is 0 Å². The second-order valence-electron chi connectivity index (χ2n) is 6.58. The van der Waals surface area contributed by atoms with Gasteiger partial charge >= 0.3 is 0 Å². The van der Waals surface area contributed by atoms with E-state index in [0.29, 0.717) is 6.04 Å². The van der Waals surface area contributed by atoms with Crippen molar-refractivity contribution >= 4 is 11.6 Å². The van der Waals surface area contributed by atoms with Gasteiger partial charge in [0.2, 0.25) is 0 Å². The van der Waals surface area contributed by atoms with Crippen molar-refractivity contribution in [1.82, 2.24) is 10.2 Å². The van der Waals surface area contributed by atoms with E-state index in [-0.39, 0.29) is 0 Å². The monoisotopic (exact) mass is 308 g/mol. The molecule has 0 radical (unpaired) electrons. The first-order valence-electron chi connectivity index (χ1n) is 8.24. The second-order valence-corrected chi connectivity index (χ2v) is 7.02. The number of hydrogen-bond donors (Lipinski definition) is 1. The van der Waals surface area contributed by atoms with Crippen molar-refractivity contribution < 1.29 is 0 Å². The van der Waals surface area contributed by atoms with E-state index in [9.17, 15) is 0 Å². The zero-order valence-corrected chi connectivity index (χ0v) is 14.4.